The number of carbonyl (C=O) groups is 1. The van der Waals surface area contributed by atoms with Gasteiger partial charge in [0, 0.05) is 20.0 Å². The topological polar surface area (TPSA) is 49.8 Å². The Morgan fingerprint density at radius 1 is 1.29 bits per heavy atom. The number of carbonyl (C=O) groups excluding carboxylic acids is 1. The first-order valence-corrected chi connectivity index (χ1v) is 8.26. The Kier molecular flexibility index (Phi) is 4.74. The van der Waals surface area contributed by atoms with Crippen LogP contribution in [0.5, 0.6) is 11.5 Å². The Labute approximate surface area is 142 Å². The number of hydrogen-bond acceptors (Lipinski definition) is 3. The zero-order valence-electron chi connectivity index (χ0n) is 14.2. The van der Waals surface area contributed by atoms with Gasteiger partial charge in [-0.25, -0.2) is 0 Å². The van der Waals surface area contributed by atoms with Crippen molar-refractivity contribution in [3.63, 3.8) is 0 Å². The van der Waals surface area contributed by atoms with Gasteiger partial charge in [0.25, 0.3) is 0 Å². The Morgan fingerprint density at radius 3 is 2.83 bits per heavy atom. The maximum atomic E-state index is 12.6. The molecule has 0 spiro atoms. The minimum Gasteiger partial charge on any atom is -0.504 e. The molecule has 0 unspecified atom stereocenters. The van der Waals surface area contributed by atoms with Gasteiger partial charge in [0.1, 0.15) is 0 Å². The lowest BCUT2D eigenvalue weighted by Gasteiger charge is -2.20. The third-order valence-electron chi connectivity index (χ3n) is 4.77. The van der Waals surface area contributed by atoms with Gasteiger partial charge in [0.05, 0.1) is 7.11 Å². The van der Waals surface area contributed by atoms with E-state index >= 15 is 0 Å². The van der Waals surface area contributed by atoms with Crippen molar-refractivity contribution in [3.05, 3.63) is 59.2 Å². The number of rotatable bonds is 5. The molecule has 1 aliphatic rings. The molecular formula is C20H23NO3. The molecule has 126 valence electrons. The molecule has 0 bridgehead atoms. The van der Waals surface area contributed by atoms with Gasteiger partial charge in [-0.15, -0.1) is 0 Å². The van der Waals surface area contributed by atoms with Crippen LogP contribution in [0.4, 0.5) is 0 Å². The Bertz CT molecular complexity index is 741. The lowest BCUT2D eigenvalue weighted by Crippen LogP contribution is -2.27. The van der Waals surface area contributed by atoms with Crippen LogP contribution < -0.4 is 4.74 Å². The van der Waals surface area contributed by atoms with E-state index in [1.165, 1.54) is 18.2 Å². The number of methoxy groups -OCH3 is 1. The number of phenols is 1. The van der Waals surface area contributed by atoms with Crippen molar-refractivity contribution in [1.29, 1.82) is 0 Å². The number of fused-ring (bicyclic) bond motifs is 1. The summed E-state index contributed by atoms with van der Waals surface area (Å²) in [6.07, 6.45) is 2.64. The zero-order chi connectivity index (χ0) is 17.1. The van der Waals surface area contributed by atoms with Crippen LogP contribution in [0, 0.1) is 0 Å². The summed E-state index contributed by atoms with van der Waals surface area (Å²) >= 11 is 0. The molecular weight excluding hydrogens is 302 g/mol. The van der Waals surface area contributed by atoms with Crippen LogP contribution in [0.3, 0.4) is 0 Å². The highest BCUT2D eigenvalue weighted by Crippen LogP contribution is 2.35. The Hall–Kier alpha value is -2.49. The maximum absolute atomic E-state index is 12.6. The average molecular weight is 325 g/mol. The fourth-order valence-electron chi connectivity index (χ4n) is 3.42. The summed E-state index contributed by atoms with van der Waals surface area (Å²) in [7, 11) is 3.33. The zero-order valence-corrected chi connectivity index (χ0v) is 14.2. The van der Waals surface area contributed by atoms with Gasteiger partial charge in [-0.2, -0.15) is 0 Å². The van der Waals surface area contributed by atoms with Crippen molar-refractivity contribution >= 4 is 5.91 Å². The quantitative estimate of drug-likeness (QED) is 0.915. The van der Waals surface area contributed by atoms with Gasteiger partial charge in [-0.3, -0.25) is 4.79 Å². The maximum Gasteiger partial charge on any atom is 0.223 e. The molecule has 0 saturated carbocycles. The molecule has 3 rings (SSSR count). The van der Waals surface area contributed by atoms with Crippen molar-refractivity contribution in [1.82, 2.24) is 4.90 Å². The summed E-state index contributed by atoms with van der Waals surface area (Å²) in [5.41, 5.74) is 3.58. The molecule has 1 N–H and O–H groups in total. The van der Waals surface area contributed by atoms with Gasteiger partial charge < -0.3 is 14.7 Å². The van der Waals surface area contributed by atoms with Crippen LogP contribution in [0.25, 0.3) is 0 Å². The van der Waals surface area contributed by atoms with Crippen LogP contribution in [-0.2, 0) is 17.8 Å². The summed E-state index contributed by atoms with van der Waals surface area (Å²) in [6, 6.07) is 13.6. The number of aryl methyl sites for hydroxylation is 1. The highest BCUT2D eigenvalue weighted by molar-refractivity contribution is 5.77. The van der Waals surface area contributed by atoms with Crippen LogP contribution in [0.1, 0.15) is 35.4 Å². The van der Waals surface area contributed by atoms with Crippen molar-refractivity contribution in [2.75, 3.05) is 14.2 Å². The summed E-state index contributed by atoms with van der Waals surface area (Å²) in [5, 5.41) is 9.85. The standard InChI is InChI=1S/C20H23NO3/c1-21(13-14-7-10-19(24-2)18(22)11-14)20(23)12-16-9-8-15-5-3-4-6-17(15)16/h3-7,10-11,16,22H,8-9,12-13H2,1-2H3/t16-/m0/s1. The molecule has 2 aromatic rings. The van der Waals surface area contributed by atoms with E-state index in [-0.39, 0.29) is 11.7 Å². The largest absolute Gasteiger partial charge is 0.504 e. The molecule has 2 aromatic carbocycles. The first-order valence-electron chi connectivity index (χ1n) is 8.26. The molecule has 0 radical (unpaired) electrons. The molecule has 1 atom stereocenters. The normalized spacial score (nSPS) is 15.8. The molecule has 0 heterocycles. The van der Waals surface area contributed by atoms with Gasteiger partial charge in [0.2, 0.25) is 5.91 Å². The lowest BCUT2D eigenvalue weighted by atomic mass is 9.97. The van der Waals surface area contributed by atoms with Crippen molar-refractivity contribution in [2.45, 2.75) is 31.7 Å². The fraction of sp³-hybridized carbons (Fsp3) is 0.350. The number of hydrogen-bond donors (Lipinski definition) is 1. The van der Waals surface area contributed by atoms with Crippen LogP contribution in [0.2, 0.25) is 0 Å². The van der Waals surface area contributed by atoms with Crippen molar-refractivity contribution < 1.29 is 14.6 Å². The van der Waals surface area contributed by atoms with E-state index in [1.54, 1.807) is 17.0 Å². The predicted molar refractivity (Wildman–Crippen MR) is 93.3 cm³/mol. The minimum absolute atomic E-state index is 0.0977. The van der Waals surface area contributed by atoms with E-state index in [2.05, 4.69) is 18.2 Å². The predicted octanol–water partition coefficient (Wildman–Crippen LogP) is 3.48. The van der Waals surface area contributed by atoms with E-state index < -0.39 is 0 Å². The van der Waals surface area contributed by atoms with E-state index in [4.69, 9.17) is 4.74 Å². The fourth-order valence-corrected chi connectivity index (χ4v) is 3.42. The van der Waals surface area contributed by atoms with Gasteiger partial charge in [-0.05, 0) is 47.6 Å². The van der Waals surface area contributed by atoms with Crippen molar-refractivity contribution in [3.8, 4) is 11.5 Å². The van der Waals surface area contributed by atoms with E-state index in [1.807, 2.05) is 19.2 Å². The minimum atomic E-state index is 0.0977. The molecule has 0 saturated heterocycles. The lowest BCUT2D eigenvalue weighted by molar-refractivity contribution is -0.130. The number of benzene rings is 2. The van der Waals surface area contributed by atoms with Crippen LogP contribution >= 0.6 is 0 Å². The highest BCUT2D eigenvalue weighted by atomic mass is 16.5. The molecule has 24 heavy (non-hydrogen) atoms. The third-order valence-corrected chi connectivity index (χ3v) is 4.77. The number of nitrogens with zero attached hydrogens (tertiary/aromatic N) is 1. The molecule has 0 fully saturated rings. The third kappa shape index (κ3) is 3.37. The van der Waals surface area contributed by atoms with Crippen LogP contribution in [-0.4, -0.2) is 30.1 Å². The summed E-state index contributed by atoms with van der Waals surface area (Å²) < 4.78 is 5.04. The highest BCUT2D eigenvalue weighted by Gasteiger charge is 2.25. The monoisotopic (exact) mass is 325 g/mol. The van der Waals surface area contributed by atoms with Crippen molar-refractivity contribution in [2.24, 2.45) is 0 Å². The number of ether oxygens (including phenoxy) is 1. The molecule has 0 aliphatic heterocycles. The first kappa shape index (κ1) is 16.4. The second-order valence-corrected chi connectivity index (χ2v) is 6.39. The Balaban J connectivity index is 1.62. The summed E-state index contributed by atoms with van der Waals surface area (Å²) in [4.78, 5) is 14.3. The summed E-state index contributed by atoms with van der Waals surface area (Å²) in [6.45, 7) is 0.477. The average Bonchev–Trinajstić information content (AvgIpc) is 2.98. The second kappa shape index (κ2) is 6.95. The smallest absolute Gasteiger partial charge is 0.223 e. The van der Waals surface area contributed by atoms with E-state index in [9.17, 15) is 9.90 Å². The number of phenolic OH excluding ortho intramolecular Hbond substituents is 1. The van der Waals surface area contributed by atoms with Gasteiger partial charge >= 0.3 is 0 Å². The van der Waals surface area contributed by atoms with Gasteiger partial charge in [-0.1, -0.05) is 30.3 Å². The van der Waals surface area contributed by atoms with E-state index in [0.29, 0.717) is 24.6 Å². The van der Waals surface area contributed by atoms with Gasteiger partial charge in [0.15, 0.2) is 11.5 Å². The number of amides is 1. The summed E-state index contributed by atoms with van der Waals surface area (Å²) in [5.74, 6) is 0.989. The first-order chi connectivity index (χ1) is 11.6. The van der Waals surface area contributed by atoms with Crippen LogP contribution in [0.15, 0.2) is 42.5 Å². The molecule has 1 aliphatic carbocycles. The molecule has 0 aromatic heterocycles. The Morgan fingerprint density at radius 2 is 2.08 bits per heavy atom. The molecule has 4 nitrogen and oxygen atoms in total. The van der Waals surface area contributed by atoms with E-state index in [0.717, 1.165) is 18.4 Å². The molecule has 4 heteroatoms. The number of aromatic hydroxyl groups is 1. The second-order valence-electron chi connectivity index (χ2n) is 6.39. The SMILES string of the molecule is COc1ccc(CN(C)C(=O)C[C@@H]2CCc3ccccc32)cc1O. The molecule has 1 amide bonds.